The topological polar surface area (TPSA) is 455 Å². The van der Waals surface area contributed by atoms with E-state index >= 15 is 0 Å². The van der Waals surface area contributed by atoms with Crippen molar-refractivity contribution in [1.29, 1.82) is 0 Å². The summed E-state index contributed by atoms with van der Waals surface area (Å²) in [5.41, 5.74) is -1.11. The van der Waals surface area contributed by atoms with E-state index in [-0.39, 0.29) is 77.2 Å². The highest BCUT2D eigenvalue weighted by molar-refractivity contribution is 7.89. The smallest absolute Gasteiger partial charge is 0.344 e. The zero-order chi connectivity index (χ0) is 83.1. The molecule has 8 rings (SSSR count). The minimum absolute atomic E-state index is 0.00310. The number of halogens is 1. The molecule has 35 nitrogen and oxygen atoms in total. The predicted octanol–water partition coefficient (Wildman–Crippen LogP) is 8.02. The van der Waals surface area contributed by atoms with Gasteiger partial charge in [-0.25, -0.2) is 46.3 Å². The molecule has 113 heavy (non-hydrogen) atoms. The molecule has 0 spiro atoms. The number of amides is 2. The Bertz CT molecular complexity index is 4370. The summed E-state index contributed by atoms with van der Waals surface area (Å²) in [7, 11) is -8.59. The number of nitrogens with zero attached hydrogens (tertiary/aromatic N) is 8. The zero-order valence-electron chi connectivity index (χ0n) is 64.6. The lowest BCUT2D eigenvalue weighted by molar-refractivity contribution is -0.165. The van der Waals surface area contributed by atoms with Gasteiger partial charge in [0.2, 0.25) is 37.6 Å². The first-order valence-electron chi connectivity index (χ1n) is 35.9. The number of aromatic carboxylic acids is 1. The van der Waals surface area contributed by atoms with Crippen LogP contribution in [0.1, 0.15) is 128 Å². The minimum Gasteiger partial charge on any atom is -0.478 e. The highest BCUT2D eigenvalue weighted by Crippen LogP contribution is 2.39. The number of esters is 5. The average molecular weight is 1680 g/mol. The van der Waals surface area contributed by atoms with Gasteiger partial charge < -0.3 is 82.1 Å². The van der Waals surface area contributed by atoms with Crippen LogP contribution in [0.15, 0.2) is 94.7 Å². The summed E-state index contributed by atoms with van der Waals surface area (Å²) in [6, 6.07) is 22.0. The molecular formula is C73H98ClN11O24S4. The molecule has 2 amide bonds. The van der Waals surface area contributed by atoms with Crippen molar-refractivity contribution in [2.45, 2.75) is 141 Å². The molecule has 2 aliphatic rings. The molecule has 0 bridgehead atoms. The fraction of sp³-hybridized carbons (Fsp3) is 0.507. The van der Waals surface area contributed by atoms with Crippen LogP contribution in [-0.4, -0.2) is 231 Å². The first-order valence-corrected chi connectivity index (χ1v) is 41.0. The highest BCUT2D eigenvalue weighted by atomic mass is 35.5. The molecular weight excluding hydrogens is 1580 g/mol. The minimum atomic E-state index is -4.40. The maximum Gasteiger partial charge on any atom is 0.344 e. The van der Waals surface area contributed by atoms with Gasteiger partial charge in [-0.3, -0.25) is 19.2 Å². The van der Waals surface area contributed by atoms with Gasteiger partial charge in [0.15, 0.2) is 43.5 Å². The summed E-state index contributed by atoms with van der Waals surface area (Å²) >= 11 is 7.72. The molecule has 2 fully saturated rings. The number of rotatable bonds is 37. The summed E-state index contributed by atoms with van der Waals surface area (Å²) in [5.74, 6) is -3.98. The van der Waals surface area contributed by atoms with Crippen LogP contribution in [0.5, 0.6) is 34.8 Å². The normalized spacial score (nSPS) is 13.5. The lowest BCUT2D eigenvalue weighted by atomic mass is 10.0. The Morgan fingerprint density at radius 3 is 1.46 bits per heavy atom. The van der Waals surface area contributed by atoms with Crippen LogP contribution in [0.25, 0.3) is 0 Å². The fourth-order valence-electron chi connectivity index (χ4n) is 10.7. The average Bonchev–Trinajstić information content (AvgIpc) is 1.50. The molecule has 0 radical (unpaired) electrons. The van der Waals surface area contributed by atoms with Crippen molar-refractivity contribution in [2.24, 2.45) is 10.3 Å². The van der Waals surface area contributed by atoms with Gasteiger partial charge in [-0.05, 0) is 115 Å². The molecule has 2 saturated heterocycles. The van der Waals surface area contributed by atoms with E-state index in [2.05, 4.69) is 22.8 Å². The number of alkyl halides is 1. The summed E-state index contributed by atoms with van der Waals surface area (Å²) in [6.45, 7) is 19.8. The van der Waals surface area contributed by atoms with Gasteiger partial charge in [-0.15, -0.1) is 20.3 Å². The van der Waals surface area contributed by atoms with E-state index in [1.165, 1.54) is 28.9 Å². The third-order valence-corrected chi connectivity index (χ3v) is 19.3. The lowest BCUT2D eigenvalue weighted by Crippen LogP contribution is -2.52. The van der Waals surface area contributed by atoms with E-state index in [0.29, 0.717) is 107 Å². The molecule has 2 aromatic heterocycles. The van der Waals surface area contributed by atoms with Crippen LogP contribution in [0, 0.1) is 0 Å². The third-order valence-electron chi connectivity index (χ3n) is 16.2. The molecule has 2 atom stereocenters. The number of benzene rings is 4. The number of carboxylic acids is 1. The zero-order valence-corrected chi connectivity index (χ0v) is 68.6. The Morgan fingerprint density at radius 1 is 0.593 bits per heavy atom. The number of unbranched alkanes of at least 4 members (excludes halogenated alkanes) is 3. The monoisotopic (exact) mass is 1680 g/mol. The maximum atomic E-state index is 13.8. The number of hydrogen-bond donors (Lipinski definition) is 4. The molecule has 0 unspecified atom stereocenters. The SMILES string of the molecule is CC(=O)OCC(=O)O[C@H](COc1nsnc1N1CCOCC1)CN(C(=O)CCl)C(C)(C)C.CCCCCc1cc(C(=O)OCC(=O)N(C[C@@H](COc2nsnc2N2CCOCC2)OC(=O)COC(C)=O)C(C)(C)C)cc(S(N)(=O)=O)c1Oc1ccccc1.CCCCNc1cc(C(=O)O)cc(S(N)(=O)=O)c1Oc1ccccc1. The van der Waals surface area contributed by atoms with Crippen molar-refractivity contribution < 1.29 is 112 Å². The standard InChI is InChI=1S/C37H49N5O12S2.C19H29ClN4O7S.C17H20N2O5S/c1-6-7-9-12-26-19-27(20-30(56(38,47)48)33(26)54-28-13-10-8-11-14-28)36(46)52-23-31(44)42(37(3,4)5)21-29(53-32(45)24-50-25(2)43)22-51-35-34(39-55-40-35)41-15-17-49-18-16-41;1-13(25)29-12-16(27)31-14(10-24(15(26)9-20)19(2,3)4)11-30-18-17(21-32-22-18)23-5-7-28-8-6-23;1-2-3-9-19-14-10-12(17(20)21)11-15(25(18,22)23)16(14)24-13-7-5-4-6-8-13/h8,10-11,13-14,19-20,29H,6-7,9,12,15-18,21-24H2,1-5H3,(H2,38,47,48);14H,5-12H2,1-4H3;4-8,10-11,19H,2-3,9H2,1H3,(H,20,21)(H2,18,22,23)/t29-;14-;/m00./s1. The van der Waals surface area contributed by atoms with E-state index in [0.717, 1.165) is 68.2 Å². The van der Waals surface area contributed by atoms with Gasteiger partial charge in [-0.2, -0.15) is 8.75 Å². The number of ether oxygens (including phenoxy) is 11. The second kappa shape index (κ2) is 44.7. The number of carbonyl (C=O) groups is 8. The number of aromatic nitrogens is 4. The Labute approximate surface area is 669 Å². The van der Waals surface area contributed by atoms with E-state index in [1.54, 1.807) is 81.4 Å². The van der Waals surface area contributed by atoms with E-state index in [4.69, 9.17) is 74.0 Å². The van der Waals surface area contributed by atoms with Gasteiger partial charge in [0.1, 0.15) is 40.4 Å². The molecule has 4 aromatic carbocycles. The number of sulfonamides is 2. The van der Waals surface area contributed by atoms with Crippen molar-refractivity contribution in [3.63, 3.8) is 0 Å². The second-order valence-electron chi connectivity index (χ2n) is 27.2. The summed E-state index contributed by atoms with van der Waals surface area (Å²) in [6.07, 6.45) is 2.56. The van der Waals surface area contributed by atoms with Gasteiger partial charge >= 0.3 is 35.8 Å². The Hall–Kier alpha value is -9.61. The van der Waals surface area contributed by atoms with Crippen molar-refractivity contribution >= 4 is 120 Å². The summed E-state index contributed by atoms with van der Waals surface area (Å²) in [5, 5.41) is 23.2. The Morgan fingerprint density at radius 2 is 1.04 bits per heavy atom. The summed E-state index contributed by atoms with van der Waals surface area (Å²) in [4.78, 5) is 104. The van der Waals surface area contributed by atoms with E-state index in [9.17, 15) is 60.3 Å². The molecule has 6 aromatic rings. The molecule has 6 N–H and O–H groups in total. The highest BCUT2D eigenvalue weighted by Gasteiger charge is 2.36. The van der Waals surface area contributed by atoms with Gasteiger partial charge in [0.25, 0.3) is 17.7 Å². The quantitative estimate of drug-likeness (QED) is 0.0124. The Balaban J connectivity index is 0.000000293. The van der Waals surface area contributed by atoms with E-state index < -0.39 is 110 Å². The lowest BCUT2D eigenvalue weighted by Gasteiger charge is -2.37. The summed E-state index contributed by atoms with van der Waals surface area (Å²) < 4.78 is 127. The van der Waals surface area contributed by atoms with Crippen molar-refractivity contribution in [3.8, 4) is 34.8 Å². The maximum absolute atomic E-state index is 13.8. The van der Waals surface area contributed by atoms with Crippen molar-refractivity contribution in [3.05, 3.63) is 102 Å². The van der Waals surface area contributed by atoms with Gasteiger partial charge in [-0.1, -0.05) is 69.5 Å². The number of nitrogens with one attached hydrogen (secondary N) is 1. The largest absolute Gasteiger partial charge is 0.478 e. The number of aryl methyl sites for hydroxylation is 1. The number of carbonyl (C=O) groups excluding carboxylic acids is 7. The van der Waals surface area contributed by atoms with Crippen molar-refractivity contribution in [2.75, 3.05) is 126 Å². The number of primary sulfonamides is 2. The predicted molar refractivity (Wildman–Crippen MR) is 416 cm³/mol. The number of carboxylic acid groups (broad SMARTS) is 1. The first-order chi connectivity index (χ1) is 53.5. The van der Waals surface area contributed by atoms with Crippen LogP contribution in [-0.2, 0) is 88.4 Å². The van der Waals surface area contributed by atoms with Crippen LogP contribution in [0.2, 0.25) is 0 Å². The number of para-hydroxylation sites is 2. The molecule has 0 aliphatic carbocycles. The first kappa shape index (κ1) is 92.3. The van der Waals surface area contributed by atoms with Crippen LogP contribution < -0.4 is 44.3 Å². The van der Waals surface area contributed by atoms with Gasteiger partial charge in [0.05, 0.1) is 79.8 Å². The van der Waals surface area contributed by atoms with Gasteiger partial charge in [0, 0.05) is 57.6 Å². The van der Waals surface area contributed by atoms with Crippen molar-refractivity contribution in [1.82, 2.24) is 27.3 Å². The number of nitrogens with two attached hydrogens (primary N) is 2. The molecule has 4 heterocycles. The molecule has 40 heteroatoms. The number of hydrogen-bond acceptors (Lipinski definition) is 32. The number of anilines is 3. The molecule has 620 valence electrons. The number of morpholine rings is 2. The molecule has 0 saturated carbocycles. The Kier molecular flexibility index (Phi) is 36.5. The van der Waals surface area contributed by atoms with Crippen LogP contribution in [0.3, 0.4) is 0 Å². The molecule has 2 aliphatic heterocycles. The van der Waals surface area contributed by atoms with Crippen LogP contribution >= 0.6 is 35.1 Å². The van der Waals surface area contributed by atoms with E-state index in [1.807, 2.05) is 44.4 Å². The second-order valence-corrected chi connectivity index (χ2v) is 31.6. The van der Waals surface area contributed by atoms with Crippen LogP contribution in [0.4, 0.5) is 17.3 Å². The fourth-order valence-corrected chi connectivity index (χ4v) is 13.3. The third kappa shape index (κ3) is 30.7.